The minimum atomic E-state index is -0.0400. The number of carbonyl (C=O) groups is 1. The van der Waals surface area contributed by atoms with Gasteiger partial charge >= 0.3 is 0 Å². The Morgan fingerprint density at radius 1 is 1.47 bits per heavy atom. The van der Waals surface area contributed by atoms with Crippen molar-refractivity contribution in [3.63, 3.8) is 0 Å². The van der Waals surface area contributed by atoms with Gasteiger partial charge in [-0.15, -0.1) is 0 Å². The maximum Gasteiger partial charge on any atom is 0.226 e. The van der Waals surface area contributed by atoms with Gasteiger partial charge in [0.15, 0.2) is 0 Å². The third-order valence-corrected chi connectivity index (χ3v) is 3.08. The van der Waals surface area contributed by atoms with Gasteiger partial charge in [0, 0.05) is 6.54 Å². The fraction of sp³-hybridized carbons (Fsp3) is 0.500. The van der Waals surface area contributed by atoms with Crippen molar-refractivity contribution in [2.75, 3.05) is 13.2 Å². The van der Waals surface area contributed by atoms with E-state index in [2.05, 4.69) is 12.2 Å². The number of fused-ring (bicyclic) bond motifs is 1. The molecule has 0 radical (unpaired) electrons. The van der Waals surface area contributed by atoms with E-state index in [1.54, 1.807) is 0 Å². The van der Waals surface area contributed by atoms with Gasteiger partial charge in [0.2, 0.25) is 5.91 Å². The lowest BCUT2D eigenvalue weighted by atomic mass is 9.96. The molecule has 1 heterocycles. The minimum absolute atomic E-state index is 0.0400. The Morgan fingerprint density at radius 2 is 2.29 bits per heavy atom. The van der Waals surface area contributed by atoms with E-state index in [1.807, 2.05) is 24.3 Å². The van der Waals surface area contributed by atoms with Crippen molar-refractivity contribution < 1.29 is 9.53 Å². The number of benzene rings is 1. The molecular formula is C14H19NO2. The molecule has 3 heteroatoms. The highest BCUT2D eigenvalue weighted by Crippen LogP contribution is 2.26. The number of nitrogens with one attached hydrogen (secondary N) is 1. The van der Waals surface area contributed by atoms with Gasteiger partial charge in [-0.1, -0.05) is 31.5 Å². The average molecular weight is 233 g/mol. The molecule has 1 aliphatic heterocycles. The summed E-state index contributed by atoms with van der Waals surface area (Å²) in [5, 5.41) is 2.97. The number of hydrogen-bond donors (Lipinski definition) is 1. The highest BCUT2D eigenvalue weighted by molar-refractivity contribution is 5.79. The molecular weight excluding hydrogens is 214 g/mol. The number of rotatable bonds is 4. The zero-order valence-corrected chi connectivity index (χ0v) is 10.2. The van der Waals surface area contributed by atoms with Gasteiger partial charge in [0.25, 0.3) is 0 Å². The first-order valence-corrected chi connectivity index (χ1v) is 6.29. The van der Waals surface area contributed by atoms with Gasteiger partial charge in [0.1, 0.15) is 12.4 Å². The number of para-hydroxylation sites is 1. The number of ether oxygens (including phenoxy) is 1. The first-order chi connectivity index (χ1) is 8.31. The van der Waals surface area contributed by atoms with Gasteiger partial charge in [-0.25, -0.2) is 0 Å². The van der Waals surface area contributed by atoms with E-state index in [4.69, 9.17) is 4.74 Å². The first kappa shape index (κ1) is 12.0. The molecule has 0 spiro atoms. The standard InChI is InChI=1S/C14H19NO2/c1-2-3-8-15-14(16)12-9-11-6-4-5-7-13(11)17-10-12/h4-7,12H,2-3,8-10H2,1H3,(H,15,16). The quantitative estimate of drug-likeness (QED) is 0.809. The SMILES string of the molecule is CCCCNC(=O)C1COc2ccccc2C1. The lowest BCUT2D eigenvalue weighted by Crippen LogP contribution is -2.37. The van der Waals surface area contributed by atoms with E-state index in [9.17, 15) is 4.79 Å². The summed E-state index contributed by atoms with van der Waals surface area (Å²) in [6.07, 6.45) is 2.92. The number of unbranched alkanes of at least 4 members (excludes halogenated alkanes) is 1. The topological polar surface area (TPSA) is 38.3 Å². The number of amides is 1. The summed E-state index contributed by atoms with van der Waals surface area (Å²) in [6.45, 7) is 3.38. The van der Waals surface area contributed by atoms with Crippen LogP contribution < -0.4 is 10.1 Å². The molecule has 2 rings (SSSR count). The van der Waals surface area contributed by atoms with Crippen molar-refractivity contribution in [3.8, 4) is 5.75 Å². The van der Waals surface area contributed by atoms with Crippen LogP contribution >= 0.6 is 0 Å². The second-order valence-corrected chi connectivity index (χ2v) is 4.46. The van der Waals surface area contributed by atoms with Crippen molar-refractivity contribution in [3.05, 3.63) is 29.8 Å². The zero-order valence-electron chi connectivity index (χ0n) is 10.2. The summed E-state index contributed by atoms with van der Waals surface area (Å²) in [5.41, 5.74) is 1.13. The summed E-state index contributed by atoms with van der Waals surface area (Å²) in [6, 6.07) is 7.93. The highest BCUT2D eigenvalue weighted by Gasteiger charge is 2.25. The molecule has 1 amide bonds. The molecule has 1 aromatic carbocycles. The Morgan fingerprint density at radius 3 is 3.12 bits per heavy atom. The van der Waals surface area contributed by atoms with Crippen LogP contribution in [0, 0.1) is 5.92 Å². The largest absolute Gasteiger partial charge is 0.492 e. The second-order valence-electron chi connectivity index (χ2n) is 4.46. The predicted molar refractivity (Wildman–Crippen MR) is 67.0 cm³/mol. The molecule has 0 aromatic heterocycles. The maximum absolute atomic E-state index is 11.9. The Bertz CT molecular complexity index is 390. The third-order valence-electron chi connectivity index (χ3n) is 3.08. The van der Waals surface area contributed by atoms with E-state index in [1.165, 1.54) is 0 Å². The number of hydrogen-bond acceptors (Lipinski definition) is 2. The Labute approximate surface area is 102 Å². The van der Waals surface area contributed by atoms with Crippen LogP contribution in [0.1, 0.15) is 25.3 Å². The fourth-order valence-corrected chi connectivity index (χ4v) is 2.03. The molecule has 0 fully saturated rings. The predicted octanol–water partition coefficient (Wildman–Crippen LogP) is 2.15. The van der Waals surface area contributed by atoms with Crippen molar-refractivity contribution >= 4 is 5.91 Å². The van der Waals surface area contributed by atoms with Crippen LogP contribution in [0.5, 0.6) is 5.75 Å². The molecule has 1 aliphatic rings. The van der Waals surface area contributed by atoms with Gasteiger partial charge in [-0.3, -0.25) is 4.79 Å². The third kappa shape index (κ3) is 2.99. The molecule has 1 unspecified atom stereocenters. The lowest BCUT2D eigenvalue weighted by Gasteiger charge is -2.24. The highest BCUT2D eigenvalue weighted by atomic mass is 16.5. The van der Waals surface area contributed by atoms with Crippen molar-refractivity contribution in [1.29, 1.82) is 0 Å². The van der Waals surface area contributed by atoms with E-state index in [0.29, 0.717) is 6.61 Å². The summed E-state index contributed by atoms with van der Waals surface area (Å²) in [5.74, 6) is 1.000. The maximum atomic E-state index is 11.9. The zero-order chi connectivity index (χ0) is 12.1. The smallest absolute Gasteiger partial charge is 0.226 e. The van der Waals surface area contributed by atoms with E-state index >= 15 is 0 Å². The minimum Gasteiger partial charge on any atom is -0.492 e. The van der Waals surface area contributed by atoms with Gasteiger partial charge in [-0.2, -0.15) is 0 Å². The molecule has 0 bridgehead atoms. The average Bonchev–Trinajstić information content (AvgIpc) is 2.38. The van der Waals surface area contributed by atoms with E-state index < -0.39 is 0 Å². The first-order valence-electron chi connectivity index (χ1n) is 6.29. The summed E-state index contributed by atoms with van der Waals surface area (Å²) >= 11 is 0. The summed E-state index contributed by atoms with van der Waals surface area (Å²) in [4.78, 5) is 11.9. The molecule has 1 aromatic rings. The van der Waals surface area contributed by atoms with Crippen molar-refractivity contribution in [1.82, 2.24) is 5.32 Å². The molecule has 0 saturated carbocycles. The molecule has 1 atom stereocenters. The van der Waals surface area contributed by atoms with Crippen molar-refractivity contribution in [2.24, 2.45) is 5.92 Å². The van der Waals surface area contributed by atoms with Gasteiger partial charge in [0.05, 0.1) is 5.92 Å². The normalized spacial score (nSPS) is 18.1. The van der Waals surface area contributed by atoms with E-state index in [0.717, 1.165) is 37.1 Å². The van der Waals surface area contributed by atoms with Gasteiger partial charge in [-0.05, 0) is 24.5 Å². The molecule has 17 heavy (non-hydrogen) atoms. The Hall–Kier alpha value is -1.51. The Kier molecular flexibility index (Phi) is 4.02. The molecule has 92 valence electrons. The van der Waals surface area contributed by atoms with Crippen LogP contribution in [0.2, 0.25) is 0 Å². The van der Waals surface area contributed by atoms with Gasteiger partial charge < -0.3 is 10.1 Å². The fourth-order valence-electron chi connectivity index (χ4n) is 2.03. The van der Waals surface area contributed by atoms with E-state index in [-0.39, 0.29) is 11.8 Å². The summed E-state index contributed by atoms with van der Waals surface area (Å²) < 4.78 is 5.60. The molecule has 1 N–H and O–H groups in total. The van der Waals surface area contributed by atoms with Crippen LogP contribution in [0.25, 0.3) is 0 Å². The Balaban J connectivity index is 1.91. The van der Waals surface area contributed by atoms with Crippen molar-refractivity contribution in [2.45, 2.75) is 26.2 Å². The van der Waals surface area contributed by atoms with Crippen LogP contribution in [-0.4, -0.2) is 19.1 Å². The van der Waals surface area contributed by atoms with Crippen LogP contribution in [-0.2, 0) is 11.2 Å². The van der Waals surface area contributed by atoms with Crippen LogP contribution in [0.3, 0.4) is 0 Å². The molecule has 0 aliphatic carbocycles. The lowest BCUT2D eigenvalue weighted by molar-refractivity contribution is -0.126. The van der Waals surface area contributed by atoms with Crippen LogP contribution in [0.15, 0.2) is 24.3 Å². The molecule has 3 nitrogen and oxygen atoms in total. The second kappa shape index (κ2) is 5.71. The van der Waals surface area contributed by atoms with Crippen LogP contribution in [0.4, 0.5) is 0 Å². The molecule has 0 saturated heterocycles. The number of carbonyl (C=O) groups excluding carboxylic acids is 1. The monoisotopic (exact) mass is 233 g/mol. The summed E-state index contributed by atoms with van der Waals surface area (Å²) in [7, 11) is 0.